The fourth-order valence-electron chi connectivity index (χ4n) is 16.7. The molecule has 2 saturated carbocycles. The summed E-state index contributed by atoms with van der Waals surface area (Å²) in [4.78, 5) is 134. The third-order valence-corrected chi connectivity index (χ3v) is 24.8. The molecule has 23 rings (SSSR count). The molecule has 2 saturated heterocycles. The number of nitrogens with zero attached hydrogens (tertiary/aromatic N) is 22. The van der Waals surface area contributed by atoms with Gasteiger partial charge in [-0.15, -0.1) is 6.42 Å². The number of anilines is 5. The van der Waals surface area contributed by atoms with E-state index in [0.29, 0.717) is 101 Å². The number of hydrogen-bond donors (Lipinski definition) is 5. The van der Waals surface area contributed by atoms with Gasteiger partial charge in [0.2, 0.25) is 0 Å². The first kappa shape index (κ1) is 99.8. The fraction of sp³-hybridized carbons (Fsp3) is 0.189. The molecule has 2 aliphatic carbocycles. The summed E-state index contributed by atoms with van der Waals surface area (Å²) in [7, 11) is 0. The van der Waals surface area contributed by atoms with Gasteiger partial charge in [-0.25, -0.2) is 34.5 Å². The second-order valence-corrected chi connectivity index (χ2v) is 35.2. The minimum absolute atomic E-state index is 0.00996. The summed E-state index contributed by atoms with van der Waals surface area (Å²) in [5.41, 5.74) is 9.13. The lowest BCUT2D eigenvalue weighted by molar-refractivity contribution is -0.137. The first-order chi connectivity index (χ1) is 72.9. The number of hydrogen-bond acceptors (Lipinski definition) is 25. The van der Waals surface area contributed by atoms with Gasteiger partial charge in [-0.1, -0.05) is 109 Å². The maximum Gasteiger partial charge on any atom is 0.421 e. The molecule has 44 heteroatoms. The second kappa shape index (κ2) is 44.8. The normalized spacial score (nSPS) is 14.0. The number of terminal acetylenes is 1. The Bertz CT molecular complexity index is 8150. The number of furan rings is 1. The van der Waals surface area contributed by atoms with Crippen LogP contribution in [-0.4, -0.2) is 176 Å². The Balaban J connectivity index is 0.000000119. The molecular formula is C106H86ClF6N27O10. The smallest absolute Gasteiger partial charge is 0.421 e. The number of carbonyl (C=O) groups is 7. The SMILES string of the molecule is C#Cc1cnn2c(NC(=O)c3cccnc3)cc(-c3ccccc3)nc12.O=C(Nc1cc(-c2ccco2)nc2c(C(F)(F)F)cnn12)c1cccnc1.O=C(Nc1cc(C2CCCN(C(=O)OCc3ccccc3)C2)nc2c(C3CC3)cnn12)c1cccnc1.O=C(Nc1cc(C2CCN(C(=O)OCc3ccccc3)CC2)nc2c(C3CC3)cnn12)c1cccnc1.O=C(Nc1cc(Cl)nc2c(C(F)(F)F)cnn12)c1cccnc1. The van der Waals surface area contributed by atoms with Crippen molar-refractivity contribution >= 4 is 111 Å². The number of amides is 7. The van der Waals surface area contributed by atoms with Gasteiger partial charge < -0.3 is 50.3 Å². The highest BCUT2D eigenvalue weighted by Crippen LogP contribution is 2.45. The Kier molecular flexibility index (Phi) is 29.8. The van der Waals surface area contributed by atoms with Crippen LogP contribution in [-0.2, 0) is 35.0 Å². The average Bonchev–Trinajstić information content (AvgIpc) is 1.60. The topological polar surface area (TPSA) is 433 Å². The molecule has 1 atom stereocenters. The van der Waals surface area contributed by atoms with E-state index in [2.05, 4.69) is 97.9 Å². The number of fused-ring (bicyclic) bond motifs is 5. The van der Waals surface area contributed by atoms with Crippen LogP contribution in [0.2, 0.25) is 5.15 Å². The molecular weight excluding hydrogens is 1960 g/mol. The monoisotopic (exact) mass is 2050 g/mol. The van der Waals surface area contributed by atoms with Gasteiger partial charge in [0.25, 0.3) is 29.5 Å². The van der Waals surface area contributed by atoms with Gasteiger partial charge in [0, 0.05) is 153 Å². The van der Waals surface area contributed by atoms with Crippen molar-refractivity contribution in [1.29, 1.82) is 0 Å². The maximum absolute atomic E-state index is 13.3. The number of piperidine rings is 2. The maximum atomic E-state index is 13.3. The van der Waals surface area contributed by atoms with Crippen LogP contribution in [0, 0.1) is 12.3 Å². The first-order valence-corrected chi connectivity index (χ1v) is 47.5. The zero-order valence-electron chi connectivity index (χ0n) is 79.1. The Hall–Kier alpha value is -18.9. The van der Waals surface area contributed by atoms with Gasteiger partial charge in [0.15, 0.2) is 34.0 Å². The van der Waals surface area contributed by atoms with Gasteiger partial charge >= 0.3 is 24.5 Å². The van der Waals surface area contributed by atoms with Crippen LogP contribution in [0.4, 0.5) is 65.0 Å². The van der Waals surface area contributed by atoms with Crippen molar-refractivity contribution in [2.24, 2.45) is 0 Å². The lowest BCUT2D eigenvalue weighted by atomic mass is 9.93. The van der Waals surface area contributed by atoms with E-state index >= 15 is 0 Å². The van der Waals surface area contributed by atoms with Gasteiger partial charge in [0.1, 0.15) is 64.3 Å². The molecule has 18 heterocycles. The fourth-order valence-corrected chi connectivity index (χ4v) is 16.9. The van der Waals surface area contributed by atoms with E-state index in [1.165, 1.54) is 72.2 Å². The number of aromatic nitrogens is 20. The largest absolute Gasteiger partial charge is 0.463 e. The van der Waals surface area contributed by atoms with Crippen LogP contribution >= 0.6 is 11.6 Å². The summed E-state index contributed by atoms with van der Waals surface area (Å²) in [6.45, 7) is 2.87. The third-order valence-electron chi connectivity index (χ3n) is 24.6. The molecule has 5 N–H and O–H groups in total. The predicted octanol–water partition coefficient (Wildman–Crippen LogP) is 19.3. The molecule has 37 nitrogen and oxygen atoms in total. The van der Waals surface area contributed by atoms with Crippen LogP contribution < -0.4 is 26.6 Å². The van der Waals surface area contributed by atoms with Crippen molar-refractivity contribution in [2.45, 2.75) is 101 Å². The minimum Gasteiger partial charge on any atom is -0.463 e. The van der Waals surface area contributed by atoms with Crippen molar-refractivity contribution in [3.05, 3.63) is 377 Å². The van der Waals surface area contributed by atoms with Gasteiger partial charge in [-0.3, -0.25) is 48.9 Å². The molecule has 19 aromatic rings. The van der Waals surface area contributed by atoms with Crippen molar-refractivity contribution in [3.8, 4) is 35.1 Å². The van der Waals surface area contributed by atoms with Crippen LogP contribution in [0.3, 0.4) is 0 Å². The molecule has 0 bridgehead atoms. The highest BCUT2D eigenvalue weighted by atomic mass is 35.5. The number of ether oxygens (including phenoxy) is 2. The molecule has 0 radical (unpaired) electrons. The molecule has 4 fully saturated rings. The van der Waals surface area contributed by atoms with E-state index in [1.54, 1.807) is 117 Å². The lowest BCUT2D eigenvalue weighted by Crippen LogP contribution is -2.39. The van der Waals surface area contributed by atoms with Crippen molar-refractivity contribution < 1.29 is 73.8 Å². The Labute approximate surface area is 852 Å². The van der Waals surface area contributed by atoms with Crippen LogP contribution in [0.25, 0.3) is 50.9 Å². The molecule has 4 aliphatic rings. The molecule has 1 unspecified atom stereocenters. The van der Waals surface area contributed by atoms with Gasteiger partial charge in [0.05, 0.1) is 82.0 Å². The van der Waals surface area contributed by atoms with E-state index in [-0.39, 0.29) is 94.3 Å². The van der Waals surface area contributed by atoms with Crippen LogP contribution in [0.1, 0.15) is 177 Å². The van der Waals surface area contributed by atoms with E-state index in [4.69, 9.17) is 41.9 Å². The van der Waals surface area contributed by atoms with Crippen molar-refractivity contribution in [2.75, 3.05) is 52.8 Å². The highest BCUT2D eigenvalue weighted by Gasteiger charge is 2.40. The van der Waals surface area contributed by atoms with Crippen molar-refractivity contribution in [3.63, 3.8) is 0 Å². The summed E-state index contributed by atoms with van der Waals surface area (Å²) in [6, 6.07) is 56.8. The Morgan fingerprint density at radius 3 is 1.19 bits per heavy atom. The third kappa shape index (κ3) is 23.7. The molecule has 0 spiro atoms. The number of carbonyl (C=O) groups excluding carboxylic acids is 7. The number of benzene rings is 3. The molecule has 16 aromatic heterocycles. The number of nitrogens with one attached hydrogen (secondary N) is 5. The zero-order chi connectivity index (χ0) is 104. The number of rotatable bonds is 20. The molecule has 7 amide bonds. The quantitative estimate of drug-likeness (QED) is 0.0269. The molecule has 150 heavy (non-hydrogen) atoms. The van der Waals surface area contributed by atoms with E-state index in [9.17, 15) is 59.9 Å². The Morgan fingerprint density at radius 1 is 0.380 bits per heavy atom. The first-order valence-electron chi connectivity index (χ1n) is 47.1. The Morgan fingerprint density at radius 2 is 0.767 bits per heavy atom. The van der Waals surface area contributed by atoms with E-state index < -0.39 is 46.6 Å². The highest BCUT2D eigenvalue weighted by molar-refractivity contribution is 6.30. The van der Waals surface area contributed by atoms with Crippen molar-refractivity contribution in [1.82, 2.24) is 108 Å². The number of pyridine rings is 5. The molecule has 3 aromatic carbocycles. The van der Waals surface area contributed by atoms with Gasteiger partial charge in [-0.2, -0.15) is 74.4 Å². The number of alkyl halides is 6. The molecule has 2 aliphatic heterocycles. The van der Waals surface area contributed by atoms with E-state index in [0.717, 1.165) is 111 Å². The average molecular weight is 2050 g/mol. The van der Waals surface area contributed by atoms with Gasteiger partial charge in [-0.05, 0) is 147 Å². The predicted molar refractivity (Wildman–Crippen MR) is 536 cm³/mol. The van der Waals surface area contributed by atoms with E-state index in [1.807, 2.05) is 116 Å². The summed E-state index contributed by atoms with van der Waals surface area (Å²) in [6.07, 6.45) is 26.5. The summed E-state index contributed by atoms with van der Waals surface area (Å²) in [5, 5.41) is 34.3. The molecule has 754 valence electrons. The van der Waals surface area contributed by atoms with Crippen LogP contribution in [0.15, 0.2) is 298 Å². The summed E-state index contributed by atoms with van der Waals surface area (Å²) in [5.74, 6) is 3.64. The zero-order valence-corrected chi connectivity index (χ0v) is 79.8. The van der Waals surface area contributed by atoms with Crippen LogP contribution in [0.5, 0.6) is 0 Å². The number of halogens is 7. The standard InChI is InChI=1S/2C28H28N6O3.C20H13N5O.C17H10F3N5O2.C13H7ClF3N5O/c35-27(21-8-4-12-29-15-21)32-25-14-24(31-26-23(20-10-11-20)16-30-34(25)26)22-9-5-13-33(17-22)28(36)37-18-19-6-2-1-3-7-19;35-27(22-7-4-12-29-16-22)32-25-15-24(31-26-23(20-8-9-20)17-30-34(25)26)21-10-13-33(14-11-21)28(36)37-18-19-5-2-1-3-6-19;1-2-14-13-22-25-18(24-20(26)16-9-6-10-21-12-16)11-17(23-19(14)25)15-7-4-3-5-8-15;18-17(19,20)11-9-22-25-14(24-16(26)10-3-1-5-21-8-10)7-12(23-15(11)25)13-4-2-6-27-13;14-9-4-10(21-12(23)7-2-1-3-18-5-7)22-11(20-9)8(6-19-22)13(15,16)17/h1-4,6-8,12,14-16,20,22H,5,9-11,13,17-18H2,(H,32,35);1-7,12,15-17,20-21H,8-11,13-14,18H2,(H,32,35);1,3-13H,(H,24,26);1-9H,(H,24,26);1-6H,(H,21,23). The summed E-state index contributed by atoms with van der Waals surface area (Å²) >= 11 is 5.75. The number of likely N-dealkylation sites (tertiary alicyclic amines) is 2. The lowest BCUT2D eigenvalue weighted by Gasteiger charge is -2.32. The minimum atomic E-state index is -4.65. The summed E-state index contributed by atoms with van der Waals surface area (Å²) < 4.78 is 102. The second-order valence-electron chi connectivity index (χ2n) is 34.8.